The van der Waals surface area contributed by atoms with E-state index in [-0.39, 0.29) is 12.2 Å². The lowest BCUT2D eigenvalue weighted by atomic mass is 10.2. The Bertz CT molecular complexity index is 460. The monoisotopic (exact) mass is 321 g/mol. The highest BCUT2D eigenvalue weighted by atomic mass is 32.2. The number of hydrogen-bond donors (Lipinski definition) is 3. The maximum absolute atomic E-state index is 11.6. The molecule has 0 aromatic carbocycles. The van der Waals surface area contributed by atoms with Crippen LogP contribution in [0.25, 0.3) is 0 Å². The van der Waals surface area contributed by atoms with Crippen molar-refractivity contribution in [3.63, 3.8) is 0 Å². The average Bonchev–Trinajstić information content (AvgIpc) is 2.86. The molecule has 1 saturated heterocycles. The van der Waals surface area contributed by atoms with Crippen LogP contribution in [0.1, 0.15) is 19.3 Å². The van der Waals surface area contributed by atoms with Gasteiger partial charge in [0.15, 0.2) is 0 Å². The molecular formula is C12H23N3O5S. The van der Waals surface area contributed by atoms with E-state index in [1.807, 2.05) is 0 Å². The number of aliphatic carboxylic acids is 1. The van der Waals surface area contributed by atoms with Gasteiger partial charge in [0.1, 0.15) is 15.9 Å². The Morgan fingerprint density at radius 2 is 1.90 bits per heavy atom. The van der Waals surface area contributed by atoms with Crippen molar-refractivity contribution in [2.45, 2.75) is 25.3 Å². The highest BCUT2D eigenvalue weighted by Gasteiger charge is 2.21. The molecule has 1 aliphatic heterocycles. The number of nitrogens with zero attached hydrogens (tertiary/aromatic N) is 1. The molecular weight excluding hydrogens is 298 g/mol. The summed E-state index contributed by atoms with van der Waals surface area (Å²) >= 11 is 0. The van der Waals surface area contributed by atoms with Crippen LogP contribution in [0.15, 0.2) is 0 Å². The third-order valence-electron chi connectivity index (χ3n) is 3.29. The molecule has 0 aliphatic carbocycles. The summed E-state index contributed by atoms with van der Waals surface area (Å²) in [5, 5.41) is 13.8. The molecule has 0 spiro atoms. The van der Waals surface area contributed by atoms with E-state index in [1.54, 1.807) is 0 Å². The zero-order chi connectivity index (χ0) is 15.9. The van der Waals surface area contributed by atoms with Crippen LogP contribution >= 0.6 is 0 Å². The van der Waals surface area contributed by atoms with Crippen LogP contribution in [-0.4, -0.2) is 74.7 Å². The van der Waals surface area contributed by atoms with Gasteiger partial charge in [0.2, 0.25) is 0 Å². The number of rotatable bonds is 8. The summed E-state index contributed by atoms with van der Waals surface area (Å²) in [5.74, 6) is -1.52. The largest absolute Gasteiger partial charge is 0.480 e. The van der Waals surface area contributed by atoms with E-state index in [1.165, 1.54) is 12.8 Å². The fourth-order valence-corrected chi connectivity index (χ4v) is 2.80. The van der Waals surface area contributed by atoms with E-state index >= 15 is 0 Å². The summed E-state index contributed by atoms with van der Waals surface area (Å²) in [6.45, 7) is 3.21. The van der Waals surface area contributed by atoms with Crippen LogP contribution in [0.2, 0.25) is 0 Å². The highest BCUT2D eigenvalue weighted by molar-refractivity contribution is 7.90. The van der Waals surface area contributed by atoms with Crippen molar-refractivity contribution < 1.29 is 23.1 Å². The third-order valence-corrected chi connectivity index (χ3v) is 4.27. The minimum Gasteiger partial charge on any atom is -0.480 e. The van der Waals surface area contributed by atoms with Crippen LogP contribution in [0.3, 0.4) is 0 Å². The predicted molar refractivity (Wildman–Crippen MR) is 78.0 cm³/mol. The Labute approximate surface area is 124 Å². The first-order valence-electron chi connectivity index (χ1n) is 6.95. The Kier molecular flexibility index (Phi) is 6.90. The topological polar surface area (TPSA) is 116 Å². The van der Waals surface area contributed by atoms with Crippen LogP contribution in [-0.2, 0) is 14.6 Å². The summed E-state index contributed by atoms with van der Waals surface area (Å²) in [4.78, 5) is 24.8. The molecule has 1 aliphatic rings. The van der Waals surface area contributed by atoms with Gasteiger partial charge in [-0.25, -0.2) is 18.0 Å². The molecule has 0 aromatic rings. The number of amides is 2. The van der Waals surface area contributed by atoms with Crippen molar-refractivity contribution in [2.24, 2.45) is 0 Å². The van der Waals surface area contributed by atoms with E-state index < -0.39 is 27.9 Å². The molecule has 21 heavy (non-hydrogen) atoms. The molecule has 122 valence electrons. The standard InChI is InChI=1S/C12H23N3O5S/c1-21(19,20)9-4-10(11(16)17)14-12(18)13-5-8-15-6-2-3-7-15/h10H,2-9H2,1H3,(H,16,17)(H2,13,14,18). The highest BCUT2D eigenvalue weighted by Crippen LogP contribution is 2.05. The van der Waals surface area contributed by atoms with E-state index in [2.05, 4.69) is 15.5 Å². The van der Waals surface area contributed by atoms with Crippen LogP contribution in [0.5, 0.6) is 0 Å². The number of hydrogen-bond acceptors (Lipinski definition) is 5. The average molecular weight is 321 g/mol. The van der Waals surface area contributed by atoms with Gasteiger partial charge >= 0.3 is 12.0 Å². The Balaban J connectivity index is 2.29. The van der Waals surface area contributed by atoms with Crippen molar-refractivity contribution in [3.8, 4) is 0 Å². The molecule has 0 aromatic heterocycles. The normalized spacial score (nSPS) is 17.4. The molecule has 1 atom stereocenters. The maximum Gasteiger partial charge on any atom is 0.326 e. The SMILES string of the molecule is CS(=O)(=O)CCC(NC(=O)NCCN1CCCC1)C(=O)O. The van der Waals surface area contributed by atoms with E-state index in [9.17, 15) is 18.0 Å². The summed E-state index contributed by atoms with van der Waals surface area (Å²) in [6, 6.07) is -1.79. The number of carbonyl (C=O) groups is 2. The predicted octanol–water partition coefficient (Wildman–Crippen LogP) is -0.731. The van der Waals surface area contributed by atoms with E-state index in [4.69, 9.17) is 5.11 Å². The Morgan fingerprint density at radius 3 is 2.43 bits per heavy atom. The second-order valence-electron chi connectivity index (χ2n) is 5.26. The Morgan fingerprint density at radius 1 is 1.29 bits per heavy atom. The first kappa shape index (κ1) is 17.7. The van der Waals surface area contributed by atoms with E-state index in [0.29, 0.717) is 6.54 Å². The van der Waals surface area contributed by atoms with Gasteiger partial charge in [-0.15, -0.1) is 0 Å². The molecule has 1 heterocycles. The molecule has 1 fully saturated rings. The summed E-state index contributed by atoms with van der Waals surface area (Å²) in [5.41, 5.74) is 0. The molecule has 0 radical (unpaired) electrons. The van der Waals surface area contributed by atoms with Gasteiger partial charge in [0.25, 0.3) is 0 Å². The van der Waals surface area contributed by atoms with Gasteiger partial charge in [-0.05, 0) is 32.4 Å². The van der Waals surface area contributed by atoms with Crippen LogP contribution in [0, 0.1) is 0 Å². The summed E-state index contributed by atoms with van der Waals surface area (Å²) in [7, 11) is -3.26. The molecule has 2 amide bonds. The molecule has 1 unspecified atom stereocenters. The number of carbonyl (C=O) groups excluding carboxylic acids is 1. The quantitative estimate of drug-likeness (QED) is 0.543. The number of urea groups is 1. The smallest absolute Gasteiger partial charge is 0.326 e. The number of carboxylic acid groups (broad SMARTS) is 1. The van der Waals surface area contributed by atoms with Gasteiger partial charge in [-0.1, -0.05) is 0 Å². The molecule has 3 N–H and O–H groups in total. The van der Waals surface area contributed by atoms with Gasteiger partial charge < -0.3 is 20.6 Å². The van der Waals surface area contributed by atoms with Crippen molar-refractivity contribution in [1.82, 2.24) is 15.5 Å². The second kappa shape index (κ2) is 8.18. The fraction of sp³-hybridized carbons (Fsp3) is 0.833. The van der Waals surface area contributed by atoms with Gasteiger partial charge in [-0.3, -0.25) is 0 Å². The number of carboxylic acids is 1. The zero-order valence-corrected chi connectivity index (χ0v) is 13.0. The van der Waals surface area contributed by atoms with Crippen molar-refractivity contribution in [3.05, 3.63) is 0 Å². The maximum atomic E-state index is 11.6. The second-order valence-corrected chi connectivity index (χ2v) is 7.52. The van der Waals surface area contributed by atoms with Crippen LogP contribution in [0.4, 0.5) is 4.79 Å². The van der Waals surface area contributed by atoms with Gasteiger partial charge in [0.05, 0.1) is 5.75 Å². The summed E-state index contributed by atoms with van der Waals surface area (Å²) in [6.07, 6.45) is 3.22. The van der Waals surface area contributed by atoms with Crippen LogP contribution < -0.4 is 10.6 Å². The third kappa shape index (κ3) is 7.86. The van der Waals surface area contributed by atoms with Gasteiger partial charge in [0, 0.05) is 19.3 Å². The molecule has 9 heteroatoms. The minimum atomic E-state index is -3.26. The lowest BCUT2D eigenvalue weighted by Crippen LogP contribution is -2.48. The van der Waals surface area contributed by atoms with E-state index in [0.717, 1.165) is 25.9 Å². The number of sulfone groups is 1. The van der Waals surface area contributed by atoms with Gasteiger partial charge in [-0.2, -0.15) is 0 Å². The molecule has 0 saturated carbocycles. The number of nitrogens with one attached hydrogen (secondary N) is 2. The molecule has 1 rings (SSSR count). The minimum absolute atomic E-state index is 0.145. The fourth-order valence-electron chi connectivity index (χ4n) is 2.13. The zero-order valence-electron chi connectivity index (χ0n) is 12.2. The lowest BCUT2D eigenvalue weighted by Gasteiger charge is -2.17. The first-order chi connectivity index (χ1) is 9.78. The Hall–Kier alpha value is -1.35. The molecule has 8 nitrogen and oxygen atoms in total. The van der Waals surface area contributed by atoms with Crippen molar-refractivity contribution >= 4 is 21.8 Å². The summed E-state index contributed by atoms with van der Waals surface area (Å²) < 4.78 is 22.1. The number of likely N-dealkylation sites (tertiary alicyclic amines) is 1. The van der Waals surface area contributed by atoms with Crippen molar-refractivity contribution in [1.29, 1.82) is 0 Å². The molecule has 0 bridgehead atoms. The first-order valence-corrected chi connectivity index (χ1v) is 9.01. The lowest BCUT2D eigenvalue weighted by molar-refractivity contribution is -0.139. The van der Waals surface area contributed by atoms with Crippen molar-refractivity contribution in [2.75, 3.05) is 38.2 Å².